The smallest absolute Gasteiger partial charge is 0.408 e. The van der Waals surface area contributed by atoms with E-state index >= 15 is 0 Å². The summed E-state index contributed by atoms with van der Waals surface area (Å²) >= 11 is 0. The Hall–Kier alpha value is -3.40. The van der Waals surface area contributed by atoms with E-state index in [0.717, 1.165) is 23.1 Å². The lowest BCUT2D eigenvalue weighted by Gasteiger charge is -2.29. The maximum Gasteiger partial charge on any atom is 0.408 e. The normalized spacial score (nSPS) is 18.6. The van der Waals surface area contributed by atoms with E-state index in [1.165, 1.54) is 6.20 Å². The van der Waals surface area contributed by atoms with E-state index < -0.39 is 17.2 Å². The van der Waals surface area contributed by atoms with Gasteiger partial charge in [-0.05, 0) is 51.8 Å². The fourth-order valence-corrected chi connectivity index (χ4v) is 3.68. The monoisotopic (exact) mass is 406 g/mol. The molecule has 0 aliphatic carbocycles. The van der Waals surface area contributed by atoms with E-state index in [1.807, 2.05) is 39.8 Å². The predicted molar refractivity (Wildman–Crippen MR) is 114 cm³/mol. The van der Waals surface area contributed by atoms with Crippen LogP contribution in [-0.2, 0) is 4.74 Å². The predicted octanol–water partition coefficient (Wildman–Crippen LogP) is 3.93. The lowest BCUT2D eigenvalue weighted by atomic mass is 10.00. The molecule has 3 rings (SSSR count). The van der Waals surface area contributed by atoms with Crippen LogP contribution in [0, 0.1) is 11.3 Å². The standard InChI is InChI=1S/C23H26N4O3/c1-22(2,3)30-21(29)26-23(4)8-9-27(15-23)20-18(14-28)12-25-13-19(20)17-7-5-6-16(10-17)11-24/h5-7,10,12-14H,8-9,15H2,1-4H3,(H,26,29). The van der Waals surface area contributed by atoms with E-state index in [2.05, 4.69) is 21.3 Å². The summed E-state index contributed by atoms with van der Waals surface area (Å²) in [6, 6.07) is 9.36. The highest BCUT2D eigenvalue weighted by Crippen LogP contribution is 2.37. The Labute approximate surface area is 176 Å². The van der Waals surface area contributed by atoms with Crippen LogP contribution in [-0.4, -0.2) is 41.6 Å². The second kappa shape index (κ2) is 8.15. The molecule has 0 radical (unpaired) electrons. The lowest BCUT2D eigenvalue weighted by Crippen LogP contribution is -2.49. The van der Waals surface area contributed by atoms with Crippen molar-refractivity contribution in [3.8, 4) is 17.2 Å². The van der Waals surface area contributed by atoms with Crippen LogP contribution >= 0.6 is 0 Å². The van der Waals surface area contributed by atoms with Gasteiger partial charge in [-0.1, -0.05) is 12.1 Å². The van der Waals surface area contributed by atoms with Crippen molar-refractivity contribution in [1.82, 2.24) is 10.3 Å². The Kier molecular flexibility index (Phi) is 5.79. The summed E-state index contributed by atoms with van der Waals surface area (Å²) in [6.07, 6.45) is 4.27. The number of amides is 1. The van der Waals surface area contributed by atoms with Gasteiger partial charge in [0.05, 0.1) is 28.4 Å². The molecular weight excluding hydrogens is 380 g/mol. The molecule has 1 fully saturated rings. The molecule has 1 aromatic carbocycles. The summed E-state index contributed by atoms with van der Waals surface area (Å²) in [5.74, 6) is 0. The van der Waals surface area contributed by atoms with Crippen LogP contribution in [0.15, 0.2) is 36.7 Å². The number of hydrogen-bond donors (Lipinski definition) is 1. The number of nitrogens with one attached hydrogen (secondary N) is 1. The zero-order valence-corrected chi connectivity index (χ0v) is 17.7. The van der Waals surface area contributed by atoms with Crippen molar-refractivity contribution in [2.45, 2.75) is 45.3 Å². The van der Waals surface area contributed by atoms with E-state index in [1.54, 1.807) is 18.3 Å². The lowest BCUT2D eigenvalue weighted by molar-refractivity contribution is 0.0473. The first kappa shape index (κ1) is 21.3. The van der Waals surface area contributed by atoms with Gasteiger partial charge in [-0.3, -0.25) is 9.78 Å². The van der Waals surface area contributed by atoms with Crippen molar-refractivity contribution in [3.63, 3.8) is 0 Å². The van der Waals surface area contributed by atoms with E-state index in [-0.39, 0.29) is 0 Å². The van der Waals surface area contributed by atoms with Crippen LogP contribution < -0.4 is 10.2 Å². The first-order valence-electron chi connectivity index (χ1n) is 9.84. The van der Waals surface area contributed by atoms with Gasteiger partial charge in [-0.25, -0.2) is 4.79 Å². The average Bonchev–Trinajstić information content (AvgIpc) is 3.06. The summed E-state index contributed by atoms with van der Waals surface area (Å²) in [5.41, 5.74) is 2.27. The van der Waals surface area contributed by atoms with Crippen LogP contribution in [0.2, 0.25) is 0 Å². The van der Waals surface area contributed by atoms with Gasteiger partial charge in [-0.2, -0.15) is 5.26 Å². The molecule has 156 valence electrons. The molecule has 7 nitrogen and oxygen atoms in total. The molecule has 1 amide bonds. The quantitative estimate of drug-likeness (QED) is 0.773. The second-order valence-electron chi connectivity index (χ2n) is 8.79. The summed E-state index contributed by atoms with van der Waals surface area (Å²) in [5, 5.41) is 12.2. The molecule has 1 atom stereocenters. The van der Waals surface area contributed by atoms with E-state index in [0.29, 0.717) is 30.6 Å². The zero-order chi connectivity index (χ0) is 21.9. The molecule has 2 aromatic rings. The molecular formula is C23H26N4O3. The summed E-state index contributed by atoms with van der Waals surface area (Å²) in [4.78, 5) is 30.4. The topological polar surface area (TPSA) is 95.3 Å². The number of benzene rings is 1. The van der Waals surface area contributed by atoms with Crippen molar-refractivity contribution >= 4 is 18.1 Å². The van der Waals surface area contributed by atoms with Crippen molar-refractivity contribution < 1.29 is 14.3 Å². The van der Waals surface area contributed by atoms with Crippen molar-refractivity contribution in [2.75, 3.05) is 18.0 Å². The number of anilines is 1. The summed E-state index contributed by atoms with van der Waals surface area (Å²) in [6.45, 7) is 8.61. The van der Waals surface area contributed by atoms with Gasteiger partial charge < -0.3 is 15.0 Å². The molecule has 1 saturated heterocycles. The number of aromatic nitrogens is 1. The Balaban J connectivity index is 1.92. The fourth-order valence-electron chi connectivity index (χ4n) is 3.68. The van der Waals surface area contributed by atoms with Gasteiger partial charge >= 0.3 is 6.09 Å². The van der Waals surface area contributed by atoms with E-state index in [9.17, 15) is 14.9 Å². The molecule has 1 aliphatic heterocycles. The number of aldehydes is 1. The van der Waals surface area contributed by atoms with Gasteiger partial charge in [0.15, 0.2) is 6.29 Å². The average molecular weight is 406 g/mol. The summed E-state index contributed by atoms with van der Waals surface area (Å²) in [7, 11) is 0. The first-order valence-corrected chi connectivity index (χ1v) is 9.84. The van der Waals surface area contributed by atoms with Gasteiger partial charge in [0, 0.05) is 31.0 Å². The van der Waals surface area contributed by atoms with Gasteiger partial charge in [0.1, 0.15) is 5.60 Å². The Morgan fingerprint density at radius 1 is 1.37 bits per heavy atom. The number of pyridine rings is 1. The molecule has 0 spiro atoms. The highest BCUT2D eigenvalue weighted by molar-refractivity contribution is 5.92. The van der Waals surface area contributed by atoms with Crippen LogP contribution in [0.25, 0.3) is 11.1 Å². The van der Waals surface area contributed by atoms with Gasteiger partial charge in [0.2, 0.25) is 0 Å². The second-order valence-corrected chi connectivity index (χ2v) is 8.79. The molecule has 7 heteroatoms. The molecule has 2 heterocycles. The van der Waals surface area contributed by atoms with Crippen molar-refractivity contribution in [3.05, 3.63) is 47.8 Å². The number of alkyl carbamates (subject to hydrolysis) is 1. The Morgan fingerprint density at radius 2 is 2.13 bits per heavy atom. The number of hydrogen-bond acceptors (Lipinski definition) is 6. The number of carbonyl (C=O) groups is 2. The number of carbonyl (C=O) groups excluding carboxylic acids is 2. The van der Waals surface area contributed by atoms with Crippen LogP contribution in [0.4, 0.5) is 10.5 Å². The molecule has 30 heavy (non-hydrogen) atoms. The third-order valence-electron chi connectivity index (χ3n) is 4.97. The third kappa shape index (κ3) is 4.77. The van der Waals surface area contributed by atoms with Gasteiger partial charge in [-0.15, -0.1) is 0 Å². The zero-order valence-electron chi connectivity index (χ0n) is 17.7. The minimum absolute atomic E-state index is 0.459. The number of ether oxygens (including phenoxy) is 1. The molecule has 0 bridgehead atoms. The molecule has 0 saturated carbocycles. The van der Waals surface area contributed by atoms with Crippen molar-refractivity contribution in [1.29, 1.82) is 5.26 Å². The first-order chi connectivity index (χ1) is 14.1. The number of nitrogens with zero attached hydrogens (tertiary/aromatic N) is 3. The maximum atomic E-state index is 12.3. The molecule has 1 aromatic heterocycles. The largest absolute Gasteiger partial charge is 0.444 e. The number of rotatable bonds is 4. The summed E-state index contributed by atoms with van der Waals surface area (Å²) < 4.78 is 5.40. The van der Waals surface area contributed by atoms with Crippen molar-refractivity contribution in [2.24, 2.45) is 0 Å². The Bertz CT molecular complexity index is 1010. The minimum Gasteiger partial charge on any atom is -0.444 e. The molecule has 1 aliphatic rings. The number of nitriles is 1. The minimum atomic E-state index is -0.576. The molecule has 1 N–H and O–H groups in total. The SMILES string of the molecule is CC1(NC(=O)OC(C)(C)C)CCN(c2c(C=O)cncc2-c2cccc(C#N)c2)C1. The molecule has 1 unspecified atom stereocenters. The fraction of sp³-hybridized carbons (Fsp3) is 0.391. The van der Waals surface area contributed by atoms with E-state index in [4.69, 9.17) is 4.74 Å². The highest BCUT2D eigenvalue weighted by Gasteiger charge is 2.38. The van der Waals surface area contributed by atoms with Crippen LogP contribution in [0.1, 0.15) is 50.0 Å². The Morgan fingerprint density at radius 3 is 2.80 bits per heavy atom. The third-order valence-corrected chi connectivity index (χ3v) is 4.97. The van der Waals surface area contributed by atoms with Crippen LogP contribution in [0.3, 0.4) is 0 Å². The van der Waals surface area contributed by atoms with Gasteiger partial charge in [0.25, 0.3) is 0 Å². The van der Waals surface area contributed by atoms with Crippen LogP contribution in [0.5, 0.6) is 0 Å². The highest BCUT2D eigenvalue weighted by atomic mass is 16.6. The maximum absolute atomic E-state index is 12.3.